The van der Waals surface area contributed by atoms with Crippen molar-refractivity contribution in [2.75, 3.05) is 0 Å². The molecule has 110 valence electrons. The first-order valence-corrected chi connectivity index (χ1v) is 7.99. The number of hydrogen-bond acceptors (Lipinski definition) is 1. The highest BCUT2D eigenvalue weighted by Crippen LogP contribution is 2.36. The number of carbonyl (C=O) groups excluding carboxylic acids is 1. The molecule has 22 heavy (non-hydrogen) atoms. The summed E-state index contributed by atoms with van der Waals surface area (Å²) in [5, 5.41) is 1.31. The molecule has 0 spiro atoms. The zero-order valence-corrected chi connectivity index (χ0v) is 12.5. The molecular formula is C20H19NO. The summed E-state index contributed by atoms with van der Waals surface area (Å²) in [7, 11) is 0. The van der Waals surface area contributed by atoms with Crippen LogP contribution in [0.15, 0.2) is 54.7 Å². The predicted molar refractivity (Wildman–Crippen MR) is 90.0 cm³/mol. The number of ketones is 1. The lowest BCUT2D eigenvalue weighted by atomic mass is 9.83. The highest BCUT2D eigenvalue weighted by atomic mass is 16.1. The number of carbonyl (C=O) groups is 1. The summed E-state index contributed by atoms with van der Waals surface area (Å²) in [5.74, 6) is 0.929. The van der Waals surface area contributed by atoms with Gasteiger partial charge in [0.2, 0.25) is 0 Å². The van der Waals surface area contributed by atoms with Crippen LogP contribution in [0.1, 0.15) is 37.2 Å². The fraction of sp³-hybridized carbons (Fsp3) is 0.250. The van der Waals surface area contributed by atoms with Gasteiger partial charge >= 0.3 is 0 Å². The molecule has 1 fully saturated rings. The van der Waals surface area contributed by atoms with Crippen LogP contribution >= 0.6 is 0 Å². The molecule has 1 N–H and O–H groups in total. The van der Waals surface area contributed by atoms with Crippen LogP contribution in [-0.4, -0.2) is 10.8 Å². The van der Waals surface area contributed by atoms with Crippen LogP contribution in [0.5, 0.6) is 0 Å². The number of fused-ring (bicyclic) bond motifs is 1. The lowest BCUT2D eigenvalue weighted by Gasteiger charge is -2.20. The molecule has 0 aliphatic heterocycles. The van der Waals surface area contributed by atoms with E-state index in [0.29, 0.717) is 11.7 Å². The van der Waals surface area contributed by atoms with Gasteiger partial charge < -0.3 is 4.98 Å². The van der Waals surface area contributed by atoms with Crippen molar-refractivity contribution in [2.24, 2.45) is 0 Å². The highest BCUT2D eigenvalue weighted by molar-refractivity contribution is 5.89. The van der Waals surface area contributed by atoms with E-state index in [-0.39, 0.29) is 0 Å². The van der Waals surface area contributed by atoms with Crippen LogP contribution in [0.3, 0.4) is 0 Å². The molecule has 1 saturated carbocycles. The van der Waals surface area contributed by atoms with Gasteiger partial charge in [-0.25, -0.2) is 0 Å². The van der Waals surface area contributed by atoms with Crippen LogP contribution in [0.25, 0.3) is 22.0 Å². The highest BCUT2D eigenvalue weighted by Gasteiger charge is 2.22. The molecule has 1 heterocycles. The van der Waals surface area contributed by atoms with Crippen molar-refractivity contribution in [1.29, 1.82) is 0 Å². The average molecular weight is 289 g/mol. The Morgan fingerprint density at radius 1 is 0.909 bits per heavy atom. The lowest BCUT2D eigenvalue weighted by molar-refractivity contribution is -0.120. The van der Waals surface area contributed by atoms with E-state index < -0.39 is 0 Å². The van der Waals surface area contributed by atoms with Crippen LogP contribution < -0.4 is 0 Å². The van der Waals surface area contributed by atoms with E-state index in [4.69, 9.17) is 0 Å². The standard InChI is InChI=1S/C20H19NO/c22-17-9-6-15(7-10-17)19-13-21-20-11-8-16(12-18(19)20)14-4-2-1-3-5-14/h1-5,8,11-13,15,21H,6-7,9-10H2. The molecule has 1 aliphatic rings. The molecule has 0 atom stereocenters. The SMILES string of the molecule is O=C1CCC(c2c[nH]c3ccc(-c4ccccc4)cc23)CC1. The van der Waals surface area contributed by atoms with E-state index in [9.17, 15) is 4.79 Å². The minimum absolute atomic E-state index is 0.418. The summed E-state index contributed by atoms with van der Waals surface area (Å²) in [6.07, 6.45) is 5.58. The van der Waals surface area contributed by atoms with Gasteiger partial charge in [0.25, 0.3) is 0 Å². The summed E-state index contributed by atoms with van der Waals surface area (Å²) in [6, 6.07) is 17.1. The van der Waals surface area contributed by atoms with E-state index in [1.807, 2.05) is 6.07 Å². The Morgan fingerprint density at radius 3 is 2.45 bits per heavy atom. The van der Waals surface area contributed by atoms with E-state index >= 15 is 0 Å². The molecule has 1 aliphatic carbocycles. The van der Waals surface area contributed by atoms with E-state index in [2.05, 4.69) is 53.6 Å². The molecule has 3 aromatic rings. The Morgan fingerprint density at radius 2 is 1.68 bits per heavy atom. The van der Waals surface area contributed by atoms with Gasteiger partial charge in [0.15, 0.2) is 0 Å². The Hall–Kier alpha value is -2.35. The molecule has 0 radical (unpaired) electrons. The molecule has 2 nitrogen and oxygen atoms in total. The van der Waals surface area contributed by atoms with Crippen molar-refractivity contribution in [2.45, 2.75) is 31.6 Å². The zero-order chi connectivity index (χ0) is 14.9. The van der Waals surface area contributed by atoms with Crippen molar-refractivity contribution >= 4 is 16.7 Å². The predicted octanol–water partition coefficient (Wildman–Crippen LogP) is 5.06. The normalized spacial score (nSPS) is 16.3. The summed E-state index contributed by atoms with van der Waals surface area (Å²) in [5.41, 5.74) is 5.06. The lowest BCUT2D eigenvalue weighted by Crippen LogP contribution is -2.11. The second-order valence-corrected chi connectivity index (χ2v) is 6.18. The number of aromatic amines is 1. The van der Waals surface area contributed by atoms with Crippen molar-refractivity contribution in [3.05, 3.63) is 60.3 Å². The zero-order valence-electron chi connectivity index (χ0n) is 12.5. The number of benzene rings is 2. The number of Topliss-reactive ketones (excluding diaryl/α,β-unsaturated/α-hetero) is 1. The Kier molecular flexibility index (Phi) is 3.30. The molecule has 2 heteroatoms. The van der Waals surface area contributed by atoms with Gasteiger partial charge in [-0.1, -0.05) is 36.4 Å². The van der Waals surface area contributed by atoms with Gasteiger partial charge in [0.1, 0.15) is 5.78 Å². The summed E-state index contributed by atoms with van der Waals surface area (Å²) in [6.45, 7) is 0. The molecule has 0 unspecified atom stereocenters. The number of rotatable bonds is 2. The topological polar surface area (TPSA) is 32.9 Å². The second kappa shape index (κ2) is 5.45. The second-order valence-electron chi connectivity index (χ2n) is 6.18. The summed E-state index contributed by atoms with van der Waals surface area (Å²) >= 11 is 0. The van der Waals surface area contributed by atoms with Gasteiger partial charge in [0, 0.05) is 29.9 Å². The maximum atomic E-state index is 11.5. The first-order chi connectivity index (χ1) is 10.8. The summed E-state index contributed by atoms with van der Waals surface area (Å²) in [4.78, 5) is 14.9. The minimum Gasteiger partial charge on any atom is -0.361 e. The third-order valence-corrected chi connectivity index (χ3v) is 4.80. The van der Waals surface area contributed by atoms with Gasteiger partial charge in [-0.2, -0.15) is 0 Å². The monoisotopic (exact) mass is 289 g/mol. The van der Waals surface area contributed by atoms with Gasteiger partial charge in [-0.15, -0.1) is 0 Å². The molecule has 2 aromatic carbocycles. The molecule has 0 amide bonds. The van der Waals surface area contributed by atoms with Crippen molar-refractivity contribution in [3.63, 3.8) is 0 Å². The van der Waals surface area contributed by atoms with Crippen molar-refractivity contribution in [3.8, 4) is 11.1 Å². The Balaban J connectivity index is 1.75. The summed E-state index contributed by atoms with van der Waals surface area (Å²) < 4.78 is 0. The van der Waals surface area contributed by atoms with Crippen molar-refractivity contribution < 1.29 is 4.79 Å². The number of hydrogen-bond donors (Lipinski definition) is 1. The van der Waals surface area contributed by atoms with Crippen LogP contribution in [0.4, 0.5) is 0 Å². The molecule has 0 saturated heterocycles. The smallest absolute Gasteiger partial charge is 0.132 e. The van der Waals surface area contributed by atoms with E-state index in [0.717, 1.165) is 25.7 Å². The average Bonchev–Trinajstić information content (AvgIpc) is 2.99. The van der Waals surface area contributed by atoms with Crippen LogP contribution in [0, 0.1) is 0 Å². The quantitative estimate of drug-likeness (QED) is 0.702. The first-order valence-electron chi connectivity index (χ1n) is 7.99. The Labute approximate surface area is 130 Å². The first kappa shape index (κ1) is 13.3. The van der Waals surface area contributed by atoms with Crippen LogP contribution in [-0.2, 0) is 4.79 Å². The fourth-order valence-corrected chi connectivity index (χ4v) is 3.54. The molecule has 1 aromatic heterocycles. The third-order valence-electron chi connectivity index (χ3n) is 4.80. The largest absolute Gasteiger partial charge is 0.361 e. The van der Waals surface area contributed by atoms with Gasteiger partial charge in [0.05, 0.1) is 0 Å². The van der Waals surface area contributed by atoms with Gasteiger partial charge in [-0.05, 0) is 47.6 Å². The minimum atomic E-state index is 0.418. The van der Waals surface area contributed by atoms with E-state index in [1.165, 1.54) is 27.6 Å². The Bertz CT molecular complexity index is 806. The molecule has 0 bridgehead atoms. The van der Waals surface area contributed by atoms with Gasteiger partial charge in [-0.3, -0.25) is 4.79 Å². The third kappa shape index (κ3) is 2.35. The van der Waals surface area contributed by atoms with Crippen LogP contribution in [0.2, 0.25) is 0 Å². The van der Waals surface area contributed by atoms with Crippen molar-refractivity contribution in [1.82, 2.24) is 4.98 Å². The number of H-pyrrole nitrogens is 1. The fourth-order valence-electron chi connectivity index (χ4n) is 3.54. The number of aromatic nitrogens is 1. The molecular weight excluding hydrogens is 270 g/mol. The number of nitrogens with one attached hydrogen (secondary N) is 1. The maximum absolute atomic E-state index is 11.5. The van der Waals surface area contributed by atoms with E-state index in [1.54, 1.807) is 0 Å². The molecule has 4 rings (SSSR count). The maximum Gasteiger partial charge on any atom is 0.132 e.